The van der Waals surface area contributed by atoms with Gasteiger partial charge in [-0.05, 0) is 12.3 Å². The number of rotatable bonds is 18. The molecule has 144 valence electrons. The highest BCUT2D eigenvalue weighted by molar-refractivity contribution is 5.71. The number of aliphatic carboxylic acids is 1. The minimum absolute atomic E-state index is 0.396. The summed E-state index contributed by atoms with van der Waals surface area (Å²) >= 11 is 0. The van der Waals surface area contributed by atoms with Gasteiger partial charge in [0, 0.05) is 0 Å². The highest BCUT2D eigenvalue weighted by Crippen LogP contribution is 2.16. The summed E-state index contributed by atoms with van der Waals surface area (Å²) < 4.78 is 0. The fourth-order valence-electron chi connectivity index (χ4n) is 3.10. The number of aliphatic hydroxyl groups excluding tert-OH is 1. The lowest BCUT2D eigenvalue weighted by Gasteiger charge is -2.07. The summed E-state index contributed by atoms with van der Waals surface area (Å²) in [6.07, 6.45) is 18.7. The maximum atomic E-state index is 10.5. The highest BCUT2D eigenvalue weighted by Gasteiger charge is 2.11. The van der Waals surface area contributed by atoms with Crippen molar-refractivity contribution >= 4 is 5.97 Å². The molecule has 0 aromatic rings. The van der Waals surface area contributed by atoms with Gasteiger partial charge < -0.3 is 10.2 Å². The van der Waals surface area contributed by atoms with Crippen LogP contribution in [0.15, 0.2) is 0 Å². The normalized spacial score (nSPS) is 13.8. The minimum Gasteiger partial charge on any atom is -0.479 e. The molecule has 0 amide bonds. The van der Waals surface area contributed by atoms with E-state index in [2.05, 4.69) is 13.8 Å². The quantitative estimate of drug-likeness (QED) is 0.286. The lowest BCUT2D eigenvalue weighted by atomic mass is 9.99. The van der Waals surface area contributed by atoms with Gasteiger partial charge >= 0.3 is 5.97 Å². The number of hydrogen-bond acceptors (Lipinski definition) is 2. The molecule has 3 nitrogen and oxygen atoms in total. The van der Waals surface area contributed by atoms with Crippen LogP contribution in [0.4, 0.5) is 0 Å². The first kappa shape index (κ1) is 23.4. The van der Waals surface area contributed by atoms with Gasteiger partial charge in [-0.25, -0.2) is 4.79 Å². The Morgan fingerprint density at radius 3 is 1.38 bits per heavy atom. The van der Waals surface area contributed by atoms with Gasteiger partial charge in [0.2, 0.25) is 0 Å². The maximum absolute atomic E-state index is 10.5. The molecule has 0 spiro atoms. The van der Waals surface area contributed by atoms with Gasteiger partial charge in [0.25, 0.3) is 0 Å². The first-order valence-corrected chi connectivity index (χ1v) is 10.5. The van der Waals surface area contributed by atoms with Gasteiger partial charge in [-0.2, -0.15) is 0 Å². The van der Waals surface area contributed by atoms with Crippen molar-refractivity contribution in [3.05, 3.63) is 0 Å². The van der Waals surface area contributed by atoms with Gasteiger partial charge in [0.05, 0.1) is 0 Å². The Morgan fingerprint density at radius 2 is 1.04 bits per heavy atom. The summed E-state index contributed by atoms with van der Waals surface area (Å²) in [6.45, 7) is 4.65. The van der Waals surface area contributed by atoms with Crippen LogP contribution in [0.3, 0.4) is 0 Å². The molecule has 0 aliphatic rings. The molecular weight excluding hydrogens is 300 g/mol. The number of carboxylic acid groups (broad SMARTS) is 1. The average molecular weight is 343 g/mol. The predicted molar refractivity (Wildman–Crippen MR) is 102 cm³/mol. The smallest absolute Gasteiger partial charge is 0.332 e. The molecule has 0 fully saturated rings. The Labute approximate surface area is 150 Å². The number of carboxylic acids is 1. The van der Waals surface area contributed by atoms with Crippen LogP contribution in [0.1, 0.15) is 117 Å². The molecule has 0 aliphatic heterocycles. The number of unbranched alkanes of at least 4 members (excludes halogenated alkanes) is 12. The van der Waals surface area contributed by atoms with Crippen molar-refractivity contribution in [2.75, 3.05) is 0 Å². The molecule has 3 heteroatoms. The third-order valence-corrected chi connectivity index (χ3v) is 5.16. The zero-order valence-electron chi connectivity index (χ0n) is 16.3. The summed E-state index contributed by atoms with van der Waals surface area (Å²) in [7, 11) is 0. The molecule has 24 heavy (non-hydrogen) atoms. The summed E-state index contributed by atoms with van der Waals surface area (Å²) in [6, 6.07) is 0. The summed E-state index contributed by atoms with van der Waals surface area (Å²) in [5.74, 6) is -0.183. The zero-order valence-corrected chi connectivity index (χ0v) is 16.3. The summed E-state index contributed by atoms with van der Waals surface area (Å²) in [4.78, 5) is 10.5. The van der Waals surface area contributed by atoms with Crippen molar-refractivity contribution in [1.29, 1.82) is 0 Å². The zero-order chi connectivity index (χ0) is 18.0. The van der Waals surface area contributed by atoms with Crippen LogP contribution in [0.5, 0.6) is 0 Å². The Morgan fingerprint density at radius 1 is 0.708 bits per heavy atom. The van der Waals surface area contributed by atoms with Crippen molar-refractivity contribution < 1.29 is 15.0 Å². The van der Waals surface area contributed by atoms with Crippen molar-refractivity contribution in [3.63, 3.8) is 0 Å². The molecular formula is C21H42O3. The predicted octanol–water partition coefficient (Wildman–Crippen LogP) is 6.33. The van der Waals surface area contributed by atoms with Crippen molar-refractivity contribution in [2.24, 2.45) is 5.92 Å². The Balaban J connectivity index is 3.09. The highest BCUT2D eigenvalue weighted by atomic mass is 16.4. The molecule has 0 heterocycles. The van der Waals surface area contributed by atoms with E-state index in [0.29, 0.717) is 6.42 Å². The van der Waals surface area contributed by atoms with Gasteiger partial charge in [-0.1, -0.05) is 110 Å². The lowest BCUT2D eigenvalue weighted by molar-refractivity contribution is -0.146. The average Bonchev–Trinajstić information content (AvgIpc) is 2.57. The van der Waals surface area contributed by atoms with Crippen LogP contribution < -0.4 is 0 Å². The topological polar surface area (TPSA) is 57.5 Å². The molecule has 0 saturated heterocycles. The lowest BCUT2D eigenvalue weighted by Crippen LogP contribution is -2.18. The van der Waals surface area contributed by atoms with Gasteiger partial charge in [0.1, 0.15) is 0 Å². The summed E-state index contributed by atoms with van der Waals surface area (Å²) in [5.41, 5.74) is 0. The molecule has 0 bridgehead atoms. The van der Waals surface area contributed by atoms with E-state index in [4.69, 9.17) is 10.2 Å². The Kier molecular flexibility index (Phi) is 16.8. The standard InChI is InChI=1S/C21H42O3/c1-3-19(2)17-15-13-11-9-7-5-4-6-8-10-12-14-16-18-20(22)21(23)24/h19-20,22H,3-18H2,1-2H3,(H,23,24)/t19-,20+/m0/s1. The Bertz CT molecular complexity index is 278. The SMILES string of the molecule is CC[C@H](C)CCCCCCCCCCCCCCC[C@@H](O)C(=O)O. The van der Waals surface area contributed by atoms with E-state index in [-0.39, 0.29) is 0 Å². The molecule has 0 radical (unpaired) electrons. The largest absolute Gasteiger partial charge is 0.479 e. The third kappa shape index (κ3) is 16.3. The van der Waals surface area contributed by atoms with E-state index in [1.54, 1.807) is 0 Å². The van der Waals surface area contributed by atoms with E-state index < -0.39 is 12.1 Å². The van der Waals surface area contributed by atoms with E-state index in [9.17, 15) is 4.79 Å². The fourth-order valence-corrected chi connectivity index (χ4v) is 3.10. The van der Waals surface area contributed by atoms with Crippen LogP contribution in [0.25, 0.3) is 0 Å². The summed E-state index contributed by atoms with van der Waals surface area (Å²) in [5, 5.41) is 17.7. The molecule has 0 aromatic heterocycles. The molecule has 2 atom stereocenters. The van der Waals surface area contributed by atoms with Crippen LogP contribution >= 0.6 is 0 Å². The fraction of sp³-hybridized carbons (Fsp3) is 0.952. The van der Waals surface area contributed by atoms with Crippen LogP contribution in [-0.2, 0) is 4.79 Å². The second-order valence-corrected chi connectivity index (χ2v) is 7.54. The molecule has 0 unspecified atom stereocenters. The first-order valence-electron chi connectivity index (χ1n) is 10.5. The van der Waals surface area contributed by atoms with E-state index in [1.807, 2.05) is 0 Å². The van der Waals surface area contributed by atoms with Crippen molar-refractivity contribution in [3.8, 4) is 0 Å². The van der Waals surface area contributed by atoms with E-state index in [1.165, 1.54) is 83.5 Å². The minimum atomic E-state index is -1.17. The van der Waals surface area contributed by atoms with Gasteiger partial charge in [-0.15, -0.1) is 0 Å². The molecule has 0 aliphatic carbocycles. The van der Waals surface area contributed by atoms with Crippen LogP contribution in [0, 0.1) is 5.92 Å². The monoisotopic (exact) mass is 342 g/mol. The van der Waals surface area contributed by atoms with Crippen molar-refractivity contribution in [2.45, 2.75) is 123 Å². The second-order valence-electron chi connectivity index (χ2n) is 7.54. The molecule has 2 N–H and O–H groups in total. The van der Waals surface area contributed by atoms with Gasteiger partial charge in [0.15, 0.2) is 6.10 Å². The van der Waals surface area contributed by atoms with E-state index in [0.717, 1.165) is 18.8 Å². The van der Waals surface area contributed by atoms with Crippen LogP contribution in [-0.4, -0.2) is 22.3 Å². The molecule has 0 saturated carbocycles. The van der Waals surface area contributed by atoms with Crippen molar-refractivity contribution in [1.82, 2.24) is 0 Å². The molecule has 0 rings (SSSR count). The first-order chi connectivity index (χ1) is 11.6. The number of hydrogen-bond donors (Lipinski definition) is 2. The maximum Gasteiger partial charge on any atom is 0.332 e. The third-order valence-electron chi connectivity index (χ3n) is 5.16. The second kappa shape index (κ2) is 17.3. The van der Waals surface area contributed by atoms with Gasteiger partial charge in [-0.3, -0.25) is 0 Å². The number of carbonyl (C=O) groups is 1. The van der Waals surface area contributed by atoms with Crippen LogP contribution in [0.2, 0.25) is 0 Å². The molecule has 0 aromatic carbocycles. The van der Waals surface area contributed by atoms with E-state index >= 15 is 0 Å². The Hall–Kier alpha value is -0.570. The number of aliphatic hydroxyl groups is 1.